The van der Waals surface area contributed by atoms with Crippen LogP contribution in [0.3, 0.4) is 0 Å². The molecule has 381 valence electrons. The number of benzene rings is 3. The molecule has 0 spiro atoms. The van der Waals surface area contributed by atoms with Gasteiger partial charge in [0.2, 0.25) is 17.7 Å². The Morgan fingerprint density at radius 3 is 0.740 bits per heavy atom. The van der Waals surface area contributed by atoms with E-state index in [2.05, 4.69) is 46.9 Å². The first-order chi connectivity index (χ1) is 34.2. The number of anilines is 3. The van der Waals surface area contributed by atoms with Gasteiger partial charge in [-0.25, -0.2) is 29.3 Å². The minimum atomic E-state index is -1.21. The summed E-state index contributed by atoms with van der Waals surface area (Å²) < 4.78 is 0. The van der Waals surface area contributed by atoms with Gasteiger partial charge in [-0.15, -0.1) is 0 Å². The summed E-state index contributed by atoms with van der Waals surface area (Å²) in [4.78, 5) is 114. The van der Waals surface area contributed by atoms with E-state index < -0.39 is 35.6 Å². The molecule has 6 rings (SSSR count). The molecule has 0 bridgehead atoms. The molecule has 0 aliphatic rings. The normalized spacial score (nSPS) is 9.95. The van der Waals surface area contributed by atoms with Gasteiger partial charge in [0, 0.05) is 96.1 Å². The van der Waals surface area contributed by atoms with Crippen LogP contribution < -0.4 is 31.9 Å². The first kappa shape index (κ1) is 58.9. The second-order valence-corrected chi connectivity index (χ2v) is 15.1. The van der Waals surface area contributed by atoms with Gasteiger partial charge in [-0.05, 0) is 127 Å². The predicted molar refractivity (Wildman–Crippen MR) is 267 cm³/mol. The van der Waals surface area contributed by atoms with Crippen molar-refractivity contribution in [1.82, 2.24) is 30.9 Å². The van der Waals surface area contributed by atoms with Crippen molar-refractivity contribution in [2.24, 2.45) is 0 Å². The molecule has 0 saturated heterocycles. The first-order valence-corrected chi connectivity index (χ1v) is 22.0. The second kappa shape index (κ2) is 28.5. The number of rotatable bonds is 15. The average molecular weight is 1140 g/mol. The summed E-state index contributed by atoms with van der Waals surface area (Å²) >= 11 is 0. The molecule has 9 N–H and O–H groups in total. The Labute approximate surface area is 449 Å². The van der Waals surface area contributed by atoms with Gasteiger partial charge in [-0.2, -0.15) is 0 Å². The molecule has 6 aromatic rings. The van der Waals surface area contributed by atoms with Gasteiger partial charge < -0.3 is 47.2 Å². The minimum Gasteiger partial charge on any atom is -0.477 e. The van der Waals surface area contributed by atoms with Crippen LogP contribution in [-0.4, -0.2) is 103 Å². The molecule has 3 aromatic heterocycles. The third-order valence-electron chi connectivity index (χ3n) is 9.46. The summed E-state index contributed by atoms with van der Waals surface area (Å²) in [5.74, 6) is -5.48. The molecular formula is C51H51N9O12Tb. The van der Waals surface area contributed by atoms with E-state index in [9.17, 15) is 58.5 Å². The fourth-order valence-corrected chi connectivity index (χ4v) is 6.37. The second-order valence-electron chi connectivity index (χ2n) is 15.1. The van der Waals surface area contributed by atoms with Crippen molar-refractivity contribution in [3.8, 4) is 33.4 Å². The molecular weight excluding hydrogens is 1090 g/mol. The van der Waals surface area contributed by atoms with Crippen molar-refractivity contribution in [3.05, 3.63) is 143 Å². The Kier molecular flexibility index (Phi) is 23.0. The van der Waals surface area contributed by atoms with E-state index in [4.69, 9.17) is 0 Å². The summed E-state index contributed by atoms with van der Waals surface area (Å²) in [5, 5.41) is 43.3. The van der Waals surface area contributed by atoms with Crippen molar-refractivity contribution in [2.45, 2.75) is 41.5 Å². The number of aromatic nitrogens is 3. The van der Waals surface area contributed by atoms with Crippen LogP contribution in [0.4, 0.5) is 17.1 Å². The molecule has 0 saturated carbocycles. The number of carbonyl (C=O) groups excluding carboxylic acids is 6. The molecule has 0 fully saturated rings. The number of nitrogens with zero attached hydrogens (tertiary/aromatic N) is 3. The van der Waals surface area contributed by atoms with Crippen molar-refractivity contribution >= 4 is 70.4 Å². The number of pyridine rings is 3. The molecule has 0 atom stereocenters. The summed E-state index contributed by atoms with van der Waals surface area (Å²) in [7, 11) is 0. The van der Waals surface area contributed by atoms with E-state index in [1.54, 1.807) is 93.6 Å². The number of aromatic carboxylic acids is 3. The van der Waals surface area contributed by atoms with E-state index in [0.29, 0.717) is 70.1 Å². The Morgan fingerprint density at radius 2 is 0.562 bits per heavy atom. The Morgan fingerprint density at radius 1 is 0.356 bits per heavy atom. The molecule has 73 heavy (non-hydrogen) atoms. The van der Waals surface area contributed by atoms with Crippen LogP contribution in [0.5, 0.6) is 0 Å². The van der Waals surface area contributed by atoms with Crippen molar-refractivity contribution in [3.63, 3.8) is 0 Å². The number of carboxylic acids is 3. The number of carboxylic acid groups (broad SMARTS) is 3. The summed E-state index contributed by atoms with van der Waals surface area (Å²) in [6.07, 6.45) is 0. The van der Waals surface area contributed by atoms with Gasteiger partial charge in [0.1, 0.15) is 34.2 Å². The van der Waals surface area contributed by atoms with E-state index in [-0.39, 0.29) is 90.5 Å². The van der Waals surface area contributed by atoms with E-state index in [1.807, 2.05) is 0 Å². The number of hydrogen-bond donors (Lipinski definition) is 9. The molecule has 0 unspecified atom stereocenters. The van der Waals surface area contributed by atoms with Crippen LogP contribution in [0, 0.1) is 38.6 Å². The monoisotopic (exact) mass is 1140 g/mol. The summed E-state index contributed by atoms with van der Waals surface area (Å²) in [6.45, 7) is 10.8. The third-order valence-corrected chi connectivity index (χ3v) is 9.46. The molecule has 0 aliphatic carbocycles. The number of amides is 6. The Balaban J connectivity index is 0.000000287. The number of carbonyl (C=O) groups is 9. The van der Waals surface area contributed by atoms with Crippen LogP contribution >= 0.6 is 0 Å². The fraction of sp³-hybridized carbons (Fsp3) is 0.176. The minimum absolute atomic E-state index is 0. The molecule has 1 radical (unpaired) electrons. The van der Waals surface area contributed by atoms with Gasteiger partial charge >= 0.3 is 17.9 Å². The van der Waals surface area contributed by atoms with E-state index >= 15 is 0 Å². The summed E-state index contributed by atoms with van der Waals surface area (Å²) in [5.41, 5.74) is 5.16. The largest absolute Gasteiger partial charge is 0.477 e. The predicted octanol–water partition coefficient (Wildman–Crippen LogP) is 6.46. The van der Waals surface area contributed by atoms with Crippen LogP contribution in [-0.2, 0) is 14.4 Å². The third kappa shape index (κ3) is 18.4. The standard InChI is InChI=1S/3C17H17N3O4.Tb/c3*1-3-18-16(22)14-8-12(9-15(20-14)17(23)24)11-4-6-13(7-5-11)19-10(2)21;/h3*4-9H,3H2,1-2H3,(H,18,22)(H,19,21)(H,23,24);. The van der Waals surface area contributed by atoms with Crippen LogP contribution in [0.15, 0.2) is 109 Å². The molecule has 22 heteroatoms. The van der Waals surface area contributed by atoms with Crippen LogP contribution in [0.25, 0.3) is 33.4 Å². The van der Waals surface area contributed by atoms with Crippen LogP contribution in [0.1, 0.15) is 104 Å². The van der Waals surface area contributed by atoms with Gasteiger partial charge in [-0.1, -0.05) is 36.4 Å². The fourth-order valence-electron chi connectivity index (χ4n) is 6.37. The quantitative estimate of drug-likeness (QED) is 0.0532. The van der Waals surface area contributed by atoms with Gasteiger partial charge in [0.25, 0.3) is 17.7 Å². The van der Waals surface area contributed by atoms with E-state index in [0.717, 1.165) is 0 Å². The SMILES string of the molecule is CCNC(=O)c1cc(-c2ccc(NC(C)=O)cc2)cc(C(=O)O)n1.CCNC(=O)c1cc(-c2ccc(NC(C)=O)cc2)cc(C(=O)O)n1.CCNC(=O)c1cc(-c2ccc(NC(C)=O)cc2)cc(C(=O)O)n1.[Tb]. The van der Waals surface area contributed by atoms with Crippen LogP contribution in [0.2, 0.25) is 0 Å². The zero-order valence-corrected chi connectivity index (χ0v) is 42.3. The molecule has 21 nitrogen and oxygen atoms in total. The van der Waals surface area contributed by atoms with Crippen molar-refractivity contribution < 1.29 is 97.1 Å². The summed E-state index contributed by atoms with van der Waals surface area (Å²) in [6, 6.07) is 29.4. The number of nitrogens with one attached hydrogen (secondary N) is 6. The smallest absolute Gasteiger partial charge is 0.354 e. The van der Waals surface area contributed by atoms with Gasteiger partial charge in [-0.3, -0.25) is 28.8 Å². The number of hydrogen-bond acceptors (Lipinski definition) is 12. The maximum absolute atomic E-state index is 12.0. The molecule has 3 heterocycles. The zero-order valence-electron chi connectivity index (χ0n) is 40.2. The van der Waals surface area contributed by atoms with Crippen molar-refractivity contribution in [2.75, 3.05) is 35.6 Å². The molecule has 6 amide bonds. The maximum Gasteiger partial charge on any atom is 0.354 e. The topological polar surface area (TPSA) is 325 Å². The Hall–Kier alpha value is -8.37. The maximum atomic E-state index is 12.0. The molecule has 3 aromatic carbocycles. The molecule has 0 aliphatic heterocycles. The Bertz CT molecular complexity index is 2680. The van der Waals surface area contributed by atoms with Gasteiger partial charge in [0.05, 0.1) is 0 Å². The van der Waals surface area contributed by atoms with Gasteiger partial charge in [0.15, 0.2) is 0 Å². The van der Waals surface area contributed by atoms with Crippen molar-refractivity contribution in [1.29, 1.82) is 0 Å². The average Bonchev–Trinajstić information content (AvgIpc) is 3.34. The zero-order chi connectivity index (χ0) is 53.1. The first-order valence-electron chi connectivity index (χ1n) is 22.0. The van der Waals surface area contributed by atoms with E-state index in [1.165, 1.54) is 57.2 Å².